The molecule has 5 nitrogen and oxygen atoms in total. The molecule has 0 aliphatic heterocycles. The van der Waals surface area contributed by atoms with Crippen LogP contribution in [0, 0.1) is 34.4 Å². The molecule has 2 aromatic rings. The van der Waals surface area contributed by atoms with E-state index in [1.807, 2.05) is 0 Å². The molecule has 0 N–H and O–H groups in total. The summed E-state index contributed by atoms with van der Waals surface area (Å²) >= 11 is 6.53. The first kappa shape index (κ1) is 24.6. The summed E-state index contributed by atoms with van der Waals surface area (Å²) in [6, 6.07) is 8.37. The number of aromatic nitrogens is 2. The predicted molar refractivity (Wildman–Crippen MR) is 139 cm³/mol. The lowest BCUT2D eigenvalue weighted by Crippen LogP contribution is -2.49. The van der Waals surface area contributed by atoms with Crippen LogP contribution in [0.15, 0.2) is 53.1 Å². The molecule has 1 heterocycles. The number of rotatable bonds is 3. The van der Waals surface area contributed by atoms with Gasteiger partial charge in [0.15, 0.2) is 11.5 Å². The minimum absolute atomic E-state index is 0.00678. The average Bonchev–Trinajstić information content (AvgIpc) is 3.47. The maximum atomic E-state index is 14.9. The van der Waals surface area contributed by atoms with E-state index in [1.54, 1.807) is 35.0 Å². The zero-order valence-corrected chi connectivity index (χ0v) is 22.2. The second-order valence-electron chi connectivity index (χ2n) is 11.7. The lowest BCUT2D eigenvalue weighted by molar-refractivity contribution is -0.111. The number of carbonyl (C=O) groups is 2. The van der Waals surface area contributed by atoms with Crippen LogP contribution in [0.25, 0.3) is 5.69 Å². The standard InChI is InChI=1S/C30H32ClFN2O3/c1-29-14-12-19-17(8-9-21-27(31)26(35)13-15-30(19,21)2)18(29)10-11-20(29)25-16-23(28(36)37-3)33-34(25)24-7-5-4-6-22(24)32/h4-7,13,15-20H,8-12,14H2,1-3H3/t17-,18-,19-,20+,29-,30+/m0/s1. The number of ether oxygens (including phenoxy) is 1. The van der Waals surface area contributed by atoms with Crippen molar-refractivity contribution in [1.82, 2.24) is 9.78 Å². The highest BCUT2D eigenvalue weighted by atomic mass is 35.5. The SMILES string of the molecule is COC(=O)c1cc([C@H]2CC[C@H]3[C@@H]4CCC5=C(Cl)C(=O)C=C[C@]5(C)[C@H]4CC[C@]23C)n(-c2ccccc2F)n1. The van der Waals surface area contributed by atoms with Crippen molar-refractivity contribution in [3.8, 4) is 5.69 Å². The van der Waals surface area contributed by atoms with Gasteiger partial charge in [0.2, 0.25) is 0 Å². The molecule has 194 valence electrons. The molecule has 4 aliphatic carbocycles. The first-order valence-electron chi connectivity index (χ1n) is 13.2. The Morgan fingerprint density at radius 3 is 2.70 bits per heavy atom. The Morgan fingerprint density at radius 1 is 1.16 bits per heavy atom. The third kappa shape index (κ3) is 3.51. The maximum absolute atomic E-state index is 14.9. The Morgan fingerprint density at radius 2 is 1.95 bits per heavy atom. The zero-order valence-electron chi connectivity index (χ0n) is 21.5. The van der Waals surface area contributed by atoms with E-state index in [0.717, 1.165) is 49.8 Å². The molecule has 0 unspecified atom stereocenters. The van der Waals surface area contributed by atoms with Crippen LogP contribution in [-0.4, -0.2) is 28.6 Å². The number of nitrogens with zero attached hydrogens (tertiary/aromatic N) is 2. The smallest absolute Gasteiger partial charge is 0.358 e. The molecule has 0 spiro atoms. The van der Waals surface area contributed by atoms with Crippen molar-refractivity contribution in [1.29, 1.82) is 0 Å². The van der Waals surface area contributed by atoms with Gasteiger partial charge in [-0.05, 0) is 91.5 Å². The van der Waals surface area contributed by atoms with E-state index in [2.05, 4.69) is 25.0 Å². The molecule has 6 rings (SSSR count). The van der Waals surface area contributed by atoms with E-state index in [-0.39, 0.29) is 34.0 Å². The predicted octanol–water partition coefficient (Wildman–Crippen LogP) is 6.76. The summed E-state index contributed by atoms with van der Waals surface area (Å²) in [5.74, 6) is 0.622. The number of carbonyl (C=O) groups excluding carboxylic acids is 2. The van der Waals surface area contributed by atoms with Gasteiger partial charge in [0.05, 0.1) is 12.1 Å². The van der Waals surface area contributed by atoms with Crippen LogP contribution < -0.4 is 0 Å². The molecule has 37 heavy (non-hydrogen) atoms. The van der Waals surface area contributed by atoms with Crippen molar-refractivity contribution in [2.75, 3.05) is 7.11 Å². The third-order valence-electron chi connectivity index (χ3n) is 10.2. The summed E-state index contributed by atoms with van der Waals surface area (Å²) in [5.41, 5.74) is 2.35. The van der Waals surface area contributed by atoms with Crippen molar-refractivity contribution in [3.63, 3.8) is 0 Å². The summed E-state index contributed by atoms with van der Waals surface area (Å²) in [7, 11) is 1.34. The van der Waals surface area contributed by atoms with Crippen molar-refractivity contribution < 1.29 is 18.7 Å². The lowest BCUT2D eigenvalue weighted by Gasteiger charge is -2.57. The first-order chi connectivity index (χ1) is 17.7. The van der Waals surface area contributed by atoms with Gasteiger partial charge in [0, 0.05) is 17.0 Å². The molecule has 1 aromatic carbocycles. The van der Waals surface area contributed by atoms with Gasteiger partial charge in [-0.2, -0.15) is 5.10 Å². The second kappa shape index (κ2) is 8.65. The van der Waals surface area contributed by atoms with E-state index in [1.165, 1.54) is 13.2 Å². The number of hydrogen-bond donors (Lipinski definition) is 0. The summed E-state index contributed by atoms with van der Waals surface area (Å²) in [4.78, 5) is 24.7. The van der Waals surface area contributed by atoms with E-state index < -0.39 is 5.97 Å². The van der Waals surface area contributed by atoms with Crippen molar-refractivity contribution >= 4 is 23.4 Å². The molecule has 4 aliphatic rings. The number of para-hydroxylation sites is 1. The number of methoxy groups -OCH3 is 1. The van der Waals surface area contributed by atoms with E-state index in [9.17, 15) is 14.0 Å². The van der Waals surface area contributed by atoms with Gasteiger partial charge in [-0.25, -0.2) is 13.9 Å². The van der Waals surface area contributed by atoms with Gasteiger partial charge in [-0.15, -0.1) is 0 Å². The molecule has 3 saturated carbocycles. The van der Waals surface area contributed by atoms with Gasteiger partial charge in [-0.1, -0.05) is 43.7 Å². The summed E-state index contributed by atoms with van der Waals surface area (Å²) in [6.07, 6.45) is 9.74. The highest BCUT2D eigenvalue weighted by molar-refractivity contribution is 6.45. The van der Waals surface area contributed by atoms with Gasteiger partial charge < -0.3 is 4.74 Å². The van der Waals surface area contributed by atoms with Crippen molar-refractivity contribution in [3.05, 3.63) is 70.3 Å². The zero-order chi connectivity index (χ0) is 26.1. The van der Waals surface area contributed by atoms with E-state index in [4.69, 9.17) is 16.3 Å². The largest absolute Gasteiger partial charge is 0.464 e. The minimum Gasteiger partial charge on any atom is -0.464 e. The number of hydrogen-bond acceptors (Lipinski definition) is 4. The maximum Gasteiger partial charge on any atom is 0.358 e. The highest BCUT2D eigenvalue weighted by Crippen LogP contribution is 2.68. The number of fused-ring (bicyclic) bond motifs is 5. The first-order valence-corrected chi connectivity index (χ1v) is 13.6. The van der Waals surface area contributed by atoms with Gasteiger partial charge in [-0.3, -0.25) is 4.79 Å². The Balaban J connectivity index is 1.39. The lowest BCUT2D eigenvalue weighted by atomic mass is 9.47. The molecular formula is C30H32ClFN2O3. The fourth-order valence-corrected chi connectivity index (χ4v) is 8.79. The quantitative estimate of drug-likeness (QED) is 0.418. The molecule has 0 radical (unpaired) electrons. The molecule has 0 saturated heterocycles. The summed E-state index contributed by atoms with van der Waals surface area (Å²) < 4.78 is 21.5. The molecule has 0 amide bonds. The fraction of sp³-hybridized carbons (Fsp3) is 0.500. The van der Waals surface area contributed by atoms with Crippen LogP contribution in [-0.2, 0) is 9.53 Å². The summed E-state index contributed by atoms with van der Waals surface area (Å²) in [6.45, 7) is 4.64. The fourth-order valence-electron chi connectivity index (χ4n) is 8.43. The molecule has 3 fully saturated rings. The highest BCUT2D eigenvalue weighted by Gasteiger charge is 2.59. The molecule has 1 aromatic heterocycles. The molecule has 7 heteroatoms. The van der Waals surface area contributed by atoms with Gasteiger partial charge >= 0.3 is 5.97 Å². The van der Waals surface area contributed by atoms with E-state index in [0.29, 0.717) is 28.5 Å². The van der Waals surface area contributed by atoms with E-state index >= 15 is 0 Å². The second-order valence-corrected chi connectivity index (χ2v) is 12.0. The molecule has 6 atom stereocenters. The van der Waals surface area contributed by atoms with Gasteiger partial charge in [0.25, 0.3) is 0 Å². The third-order valence-corrected chi connectivity index (χ3v) is 10.6. The normalized spacial score (nSPS) is 34.7. The Labute approximate surface area is 221 Å². The van der Waals surface area contributed by atoms with Crippen LogP contribution in [0.1, 0.15) is 74.5 Å². The number of allylic oxidation sites excluding steroid dienone is 4. The van der Waals surface area contributed by atoms with Crippen LogP contribution >= 0.6 is 11.6 Å². The topological polar surface area (TPSA) is 61.2 Å². The Hall–Kier alpha value is -2.73. The molecular weight excluding hydrogens is 491 g/mol. The number of esters is 1. The van der Waals surface area contributed by atoms with Crippen molar-refractivity contribution in [2.45, 2.75) is 58.3 Å². The average molecular weight is 523 g/mol. The monoisotopic (exact) mass is 522 g/mol. The van der Waals surface area contributed by atoms with Crippen LogP contribution in [0.2, 0.25) is 0 Å². The molecule has 0 bridgehead atoms. The summed E-state index contributed by atoms with van der Waals surface area (Å²) in [5, 5.41) is 4.95. The van der Waals surface area contributed by atoms with Crippen molar-refractivity contribution in [2.24, 2.45) is 28.6 Å². The van der Waals surface area contributed by atoms with Crippen LogP contribution in [0.5, 0.6) is 0 Å². The Bertz CT molecular complexity index is 1360. The number of benzene rings is 1. The van der Waals surface area contributed by atoms with Crippen LogP contribution in [0.3, 0.4) is 0 Å². The number of ketones is 1. The number of halogens is 2. The minimum atomic E-state index is -0.519. The van der Waals surface area contributed by atoms with Gasteiger partial charge in [0.1, 0.15) is 11.5 Å². The Kier molecular flexibility index (Phi) is 5.75. The van der Waals surface area contributed by atoms with Crippen LogP contribution in [0.4, 0.5) is 4.39 Å².